The van der Waals surface area contributed by atoms with Crippen molar-refractivity contribution in [3.8, 4) is 5.75 Å². The Balaban J connectivity index is 0.00000289. The van der Waals surface area contributed by atoms with E-state index in [1.165, 1.54) is 33.5 Å². The van der Waals surface area contributed by atoms with Crippen molar-refractivity contribution in [3.05, 3.63) is 130 Å². The Hall–Kier alpha value is -3.56. The molecule has 0 unspecified atom stereocenters. The van der Waals surface area contributed by atoms with Crippen LogP contribution in [0.5, 0.6) is 5.75 Å². The number of phenolic OH excluding ortho intramolecular Hbond substituents is 1. The average Bonchev–Trinajstić information content (AvgIpc) is 3.19. The smallest absolute Gasteiger partial charge is 0.240 e. The zero-order valence-electron chi connectivity index (χ0n) is 20.4. The van der Waals surface area contributed by atoms with Crippen molar-refractivity contribution >= 4 is 12.0 Å². The van der Waals surface area contributed by atoms with E-state index in [-0.39, 0.29) is 24.5 Å². The highest BCUT2D eigenvalue weighted by Crippen LogP contribution is 2.44. The molecule has 178 valence electrons. The first kappa shape index (κ1) is 24.6. The Morgan fingerprint density at radius 3 is 1.89 bits per heavy atom. The zero-order valence-corrected chi connectivity index (χ0v) is 21.2. The van der Waals surface area contributed by atoms with Gasteiger partial charge in [-0.25, -0.2) is 4.90 Å². The van der Waals surface area contributed by atoms with Gasteiger partial charge in [-0.15, -0.1) is 0 Å². The van der Waals surface area contributed by atoms with Crippen LogP contribution in [0.15, 0.2) is 97.1 Å². The predicted molar refractivity (Wildman–Crippen MR) is 140 cm³/mol. The third-order valence-electron chi connectivity index (χ3n) is 6.75. The maximum atomic E-state index is 10.6. The molecule has 4 aromatic carbocycles. The highest BCUT2D eigenvalue weighted by atomic mass is 35.5. The second-order valence-electron chi connectivity index (χ2n) is 9.28. The number of aryl methyl sites for hydroxylation is 3. The first-order chi connectivity index (χ1) is 16.5. The molecule has 0 aromatic heterocycles. The molecule has 0 spiro atoms. The Morgan fingerprint density at radius 1 is 0.743 bits per heavy atom. The van der Waals surface area contributed by atoms with Crippen LogP contribution < -0.4 is 17.3 Å². The summed E-state index contributed by atoms with van der Waals surface area (Å²) in [4.78, 5) is 2.44. The van der Waals surface area contributed by atoms with Crippen molar-refractivity contribution in [2.24, 2.45) is 0 Å². The van der Waals surface area contributed by atoms with Gasteiger partial charge < -0.3 is 17.5 Å². The molecule has 5 rings (SSSR count). The van der Waals surface area contributed by atoms with Gasteiger partial charge in [-0.2, -0.15) is 0 Å². The molecular formula is C31H31ClN2O. The summed E-state index contributed by atoms with van der Waals surface area (Å²) in [5.74, 6) is 0.333. The minimum Gasteiger partial charge on any atom is -1.00 e. The third kappa shape index (κ3) is 4.82. The minimum atomic E-state index is 0. The topological polar surface area (TPSA) is 26.5 Å². The van der Waals surface area contributed by atoms with Crippen LogP contribution >= 0.6 is 0 Å². The van der Waals surface area contributed by atoms with Crippen molar-refractivity contribution in [3.63, 3.8) is 0 Å². The van der Waals surface area contributed by atoms with Crippen molar-refractivity contribution in [2.75, 3.05) is 4.90 Å². The Morgan fingerprint density at radius 2 is 1.29 bits per heavy atom. The van der Waals surface area contributed by atoms with Crippen LogP contribution in [0.1, 0.15) is 45.5 Å². The van der Waals surface area contributed by atoms with Crippen molar-refractivity contribution < 1.29 is 22.1 Å². The fourth-order valence-electron chi connectivity index (χ4n) is 5.41. The fraction of sp³-hybridized carbons (Fsp3) is 0.194. The molecule has 2 atom stereocenters. The highest BCUT2D eigenvalue weighted by molar-refractivity contribution is 5.83. The molecule has 4 aromatic rings. The van der Waals surface area contributed by atoms with Crippen LogP contribution in [0.3, 0.4) is 0 Å². The molecule has 3 nitrogen and oxygen atoms in total. The molecule has 1 N–H and O–H groups in total. The second-order valence-corrected chi connectivity index (χ2v) is 9.28. The number of hydrogen-bond acceptors (Lipinski definition) is 2. The molecule has 1 aliphatic heterocycles. The van der Waals surface area contributed by atoms with E-state index in [0.29, 0.717) is 12.3 Å². The standard InChI is InChI=1S/C31H30N2O.ClH/c1-22-18-23(2)29(24(3)19-22)33-21-32(20-27-16-10-11-17-28(27)34)30(25-12-6-4-7-13-25)31(33)26-14-8-5-9-15-26;/h4-19,21,30-31H,20H2,1-3H3;1H/t30-,31-;/m0./s1. The first-order valence-electron chi connectivity index (χ1n) is 11.9. The monoisotopic (exact) mass is 482 g/mol. The van der Waals surface area contributed by atoms with Gasteiger partial charge in [0.2, 0.25) is 6.34 Å². The molecule has 0 amide bonds. The number of benzene rings is 4. The number of anilines is 1. The number of aromatic hydroxyl groups is 1. The summed E-state index contributed by atoms with van der Waals surface area (Å²) in [6, 6.07) is 33.8. The van der Waals surface area contributed by atoms with Crippen LogP contribution in [0, 0.1) is 20.8 Å². The summed E-state index contributed by atoms with van der Waals surface area (Å²) < 4.78 is 2.38. The molecule has 4 heteroatoms. The Labute approximate surface area is 214 Å². The minimum absolute atomic E-state index is 0. The summed E-state index contributed by atoms with van der Waals surface area (Å²) in [5.41, 5.74) is 8.52. The SMILES string of the molecule is Cc1cc(C)c(N2C=[N+](Cc3ccccc3O)[C@@H](c3ccccc3)[C@@H]2c2ccccc2)c(C)c1.[Cl-]. The van der Waals surface area contributed by atoms with Gasteiger partial charge in [0.1, 0.15) is 18.0 Å². The van der Waals surface area contributed by atoms with E-state index in [4.69, 9.17) is 0 Å². The highest BCUT2D eigenvalue weighted by Gasteiger charge is 2.45. The van der Waals surface area contributed by atoms with E-state index in [9.17, 15) is 5.11 Å². The summed E-state index contributed by atoms with van der Waals surface area (Å²) in [6.45, 7) is 7.18. The molecule has 0 radical (unpaired) electrons. The van der Waals surface area contributed by atoms with Gasteiger partial charge in [0, 0.05) is 16.7 Å². The summed E-state index contributed by atoms with van der Waals surface area (Å²) in [7, 11) is 0. The van der Waals surface area contributed by atoms with Crippen LogP contribution in [-0.4, -0.2) is 16.0 Å². The number of phenols is 1. The molecule has 1 heterocycles. The van der Waals surface area contributed by atoms with Crippen LogP contribution in [0.4, 0.5) is 5.69 Å². The summed E-state index contributed by atoms with van der Waals surface area (Å²) >= 11 is 0. The van der Waals surface area contributed by atoms with Crippen LogP contribution in [-0.2, 0) is 6.54 Å². The van der Waals surface area contributed by atoms with Crippen molar-refractivity contribution in [1.29, 1.82) is 0 Å². The number of nitrogens with zero attached hydrogens (tertiary/aromatic N) is 2. The maximum Gasteiger partial charge on any atom is 0.240 e. The van der Waals surface area contributed by atoms with E-state index >= 15 is 0 Å². The quantitative estimate of drug-likeness (QED) is 0.437. The van der Waals surface area contributed by atoms with E-state index in [2.05, 4.69) is 109 Å². The van der Waals surface area contributed by atoms with E-state index in [1.807, 2.05) is 18.2 Å². The van der Waals surface area contributed by atoms with Crippen LogP contribution in [0.2, 0.25) is 0 Å². The molecule has 0 saturated carbocycles. The van der Waals surface area contributed by atoms with Gasteiger partial charge in [0.15, 0.2) is 12.1 Å². The molecule has 35 heavy (non-hydrogen) atoms. The molecule has 0 saturated heterocycles. The number of halogens is 1. The summed E-state index contributed by atoms with van der Waals surface area (Å²) in [6.07, 6.45) is 2.26. The van der Waals surface area contributed by atoms with Gasteiger partial charge >= 0.3 is 0 Å². The normalized spacial score (nSPS) is 17.1. The van der Waals surface area contributed by atoms with Gasteiger partial charge in [-0.3, -0.25) is 4.58 Å². The molecule has 1 aliphatic rings. The second kappa shape index (κ2) is 10.4. The van der Waals surface area contributed by atoms with Crippen LogP contribution in [0.25, 0.3) is 0 Å². The summed E-state index contributed by atoms with van der Waals surface area (Å²) in [5, 5.41) is 10.6. The number of rotatable bonds is 5. The van der Waals surface area contributed by atoms with E-state index < -0.39 is 0 Å². The molecule has 0 aliphatic carbocycles. The lowest BCUT2D eigenvalue weighted by Crippen LogP contribution is -3.00. The fourth-order valence-corrected chi connectivity index (χ4v) is 5.41. The average molecular weight is 483 g/mol. The first-order valence-corrected chi connectivity index (χ1v) is 11.9. The lowest BCUT2D eigenvalue weighted by Gasteiger charge is -2.26. The maximum absolute atomic E-state index is 10.6. The zero-order chi connectivity index (χ0) is 23.7. The van der Waals surface area contributed by atoms with Gasteiger partial charge in [0.05, 0.1) is 0 Å². The lowest BCUT2D eigenvalue weighted by atomic mass is 9.91. The number of para-hydroxylation sites is 1. The van der Waals surface area contributed by atoms with Gasteiger partial charge in [-0.05, 0) is 38.0 Å². The van der Waals surface area contributed by atoms with Crippen molar-refractivity contribution in [1.82, 2.24) is 0 Å². The Kier molecular flexibility index (Phi) is 7.28. The lowest BCUT2D eigenvalue weighted by molar-refractivity contribution is -0.578. The van der Waals surface area contributed by atoms with Gasteiger partial charge in [-0.1, -0.05) is 96.6 Å². The molecular weight excluding hydrogens is 452 g/mol. The van der Waals surface area contributed by atoms with Crippen molar-refractivity contribution in [2.45, 2.75) is 39.4 Å². The molecule has 0 bridgehead atoms. The van der Waals surface area contributed by atoms with E-state index in [1.54, 1.807) is 6.07 Å². The van der Waals surface area contributed by atoms with Gasteiger partial charge in [0.25, 0.3) is 0 Å². The third-order valence-corrected chi connectivity index (χ3v) is 6.75. The largest absolute Gasteiger partial charge is 1.00 e. The molecule has 0 fully saturated rings. The Bertz CT molecular complexity index is 1310. The number of hydrogen-bond donors (Lipinski definition) is 1. The predicted octanol–water partition coefficient (Wildman–Crippen LogP) is 3.87. The van der Waals surface area contributed by atoms with E-state index in [0.717, 1.165) is 5.56 Å².